The van der Waals surface area contributed by atoms with Crippen LogP contribution in [0.2, 0.25) is 0 Å². The van der Waals surface area contributed by atoms with Crippen molar-refractivity contribution in [2.24, 2.45) is 5.92 Å². The summed E-state index contributed by atoms with van der Waals surface area (Å²) in [5, 5.41) is 24.7. The molecule has 7 nitrogen and oxygen atoms in total. The standard InChI is InChI=1S/C25H28BN3O4/c1-17-11-13-19(14-12-17)15-23(26(32)33)29-25(31)18(2)24(30)27-16-21-9-6-10-22(28-21)20-7-4-3-5-8-20/h3-14,18,23,32-33H,15-16H2,1-2H3,(H,27,30)(H,29,31). The van der Waals surface area contributed by atoms with E-state index in [1.165, 1.54) is 6.92 Å². The summed E-state index contributed by atoms with van der Waals surface area (Å²) in [5.41, 5.74) is 4.36. The third kappa shape index (κ3) is 7.00. The average molecular weight is 445 g/mol. The van der Waals surface area contributed by atoms with Gasteiger partial charge in [-0.1, -0.05) is 66.2 Å². The van der Waals surface area contributed by atoms with E-state index in [2.05, 4.69) is 15.6 Å². The molecule has 8 heteroatoms. The van der Waals surface area contributed by atoms with Crippen LogP contribution in [0.15, 0.2) is 72.8 Å². The third-order valence-electron chi connectivity index (χ3n) is 5.37. The van der Waals surface area contributed by atoms with Crippen molar-refractivity contribution in [2.75, 3.05) is 0 Å². The lowest BCUT2D eigenvalue weighted by Gasteiger charge is -2.20. The molecule has 2 atom stereocenters. The van der Waals surface area contributed by atoms with Crippen molar-refractivity contribution in [1.82, 2.24) is 15.6 Å². The number of carbonyl (C=O) groups is 2. The number of hydrogen-bond acceptors (Lipinski definition) is 5. The second kappa shape index (κ2) is 11.4. The van der Waals surface area contributed by atoms with Crippen LogP contribution in [-0.4, -0.2) is 39.9 Å². The molecule has 0 fully saturated rings. The van der Waals surface area contributed by atoms with Crippen LogP contribution < -0.4 is 10.6 Å². The van der Waals surface area contributed by atoms with Crippen molar-refractivity contribution in [3.8, 4) is 11.3 Å². The van der Waals surface area contributed by atoms with Crippen molar-refractivity contribution in [1.29, 1.82) is 0 Å². The van der Waals surface area contributed by atoms with Crippen LogP contribution in [0.5, 0.6) is 0 Å². The zero-order valence-corrected chi connectivity index (χ0v) is 18.7. The van der Waals surface area contributed by atoms with E-state index in [4.69, 9.17) is 0 Å². The van der Waals surface area contributed by atoms with Crippen LogP contribution in [0.3, 0.4) is 0 Å². The molecule has 2 aromatic carbocycles. The lowest BCUT2D eigenvalue weighted by atomic mass is 9.75. The molecule has 1 aromatic heterocycles. The maximum absolute atomic E-state index is 12.6. The highest BCUT2D eigenvalue weighted by atomic mass is 16.4. The summed E-state index contributed by atoms with van der Waals surface area (Å²) >= 11 is 0. The van der Waals surface area contributed by atoms with E-state index in [0.29, 0.717) is 5.69 Å². The summed E-state index contributed by atoms with van der Waals surface area (Å²) in [6, 6.07) is 22.8. The first kappa shape index (κ1) is 24.2. The molecule has 170 valence electrons. The molecule has 4 N–H and O–H groups in total. The first-order valence-corrected chi connectivity index (χ1v) is 10.8. The van der Waals surface area contributed by atoms with E-state index in [1.54, 1.807) is 6.07 Å². The number of amides is 2. The Morgan fingerprint density at radius 2 is 1.64 bits per heavy atom. The molecule has 1 heterocycles. The second-order valence-corrected chi connectivity index (χ2v) is 8.04. The molecule has 0 saturated heterocycles. The minimum atomic E-state index is -1.75. The van der Waals surface area contributed by atoms with E-state index in [1.807, 2.05) is 73.7 Å². The molecule has 2 unspecified atom stereocenters. The van der Waals surface area contributed by atoms with Gasteiger partial charge in [0, 0.05) is 5.56 Å². The molecular formula is C25H28BN3O4. The van der Waals surface area contributed by atoms with E-state index >= 15 is 0 Å². The average Bonchev–Trinajstić information content (AvgIpc) is 2.83. The maximum Gasteiger partial charge on any atom is 0.475 e. The van der Waals surface area contributed by atoms with Gasteiger partial charge in [0.05, 0.1) is 23.9 Å². The third-order valence-corrected chi connectivity index (χ3v) is 5.37. The number of hydrogen-bond donors (Lipinski definition) is 4. The van der Waals surface area contributed by atoms with Crippen LogP contribution >= 0.6 is 0 Å². The summed E-state index contributed by atoms with van der Waals surface area (Å²) in [6.07, 6.45) is 0.230. The van der Waals surface area contributed by atoms with E-state index in [0.717, 1.165) is 22.4 Å². The number of aromatic nitrogens is 1. The van der Waals surface area contributed by atoms with Gasteiger partial charge in [0.2, 0.25) is 11.8 Å². The Hall–Kier alpha value is -3.49. The molecule has 0 radical (unpaired) electrons. The predicted molar refractivity (Wildman–Crippen MR) is 128 cm³/mol. The Morgan fingerprint density at radius 3 is 2.30 bits per heavy atom. The van der Waals surface area contributed by atoms with Crippen LogP contribution in [0, 0.1) is 12.8 Å². The van der Waals surface area contributed by atoms with Gasteiger partial charge in [0.25, 0.3) is 0 Å². The van der Waals surface area contributed by atoms with Gasteiger partial charge in [-0.2, -0.15) is 0 Å². The number of nitrogens with zero attached hydrogens (tertiary/aromatic N) is 1. The van der Waals surface area contributed by atoms with Crippen LogP contribution in [0.4, 0.5) is 0 Å². The van der Waals surface area contributed by atoms with Gasteiger partial charge in [0.1, 0.15) is 5.92 Å². The van der Waals surface area contributed by atoms with E-state index in [9.17, 15) is 19.6 Å². The summed E-state index contributed by atoms with van der Waals surface area (Å²) < 4.78 is 0. The van der Waals surface area contributed by atoms with Gasteiger partial charge in [-0.3, -0.25) is 14.6 Å². The Kier molecular flexibility index (Phi) is 8.35. The molecule has 0 aliphatic rings. The van der Waals surface area contributed by atoms with Gasteiger partial charge in [-0.25, -0.2) is 0 Å². The highest BCUT2D eigenvalue weighted by molar-refractivity contribution is 6.43. The highest BCUT2D eigenvalue weighted by Gasteiger charge is 2.29. The van der Waals surface area contributed by atoms with Crippen LogP contribution in [-0.2, 0) is 22.6 Å². The Morgan fingerprint density at radius 1 is 0.939 bits per heavy atom. The molecule has 0 aliphatic heterocycles. The number of nitrogens with one attached hydrogen (secondary N) is 2. The van der Waals surface area contributed by atoms with Crippen molar-refractivity contribution >= 4 is 18.9 Å². The topological polar surface area (TPSA) is 112 Å². The Bertz CT molecular complexity index is 1070. The molecule has 0 spiro atoms. The molecule has 0 saturated carbocycles. The monoisotopic (exact) mass is 445 g/mol. The first-order chi connectivity index (χ1) is 15.8. The van der Waals surface area contributed by atoms with Crippen molar-refractivity contribution in [3.63, 3.8) is 0 Å². The highest BCUT2D eigenvalue weighted by Crippen LogP contribution is 2.16. The second-order valence-electron chi connectivity index (χ2n) is 8.04. The van der Waals surface area contributed by atoms with Crippen molar-refractivity contribution < 1.29 is 19.6 Å². The smallest absolute Gasteiger partial charge is 0.426 e. The largest absolute Gasteiger partial charge is 0.475 e. The molecule has 0 aliphatic carbocycles. The number of benzene rings is 2. The van der Waals surface area contributed by atoms with E-state index < -0.39 is 30.8 Å². The van der Waals surface area contributed by atoms with Crippen molar-refractivity contribution in [2.45, 2.75) is 32.8 Å². The van der Waals surface area contributed by atoms with Gasteiger partial charge >= 0.3 is 7.12 Å². The van der Waals surface area contributed by atoms with Gasteiger partial charge in [-0.15, -0.1) is 0 Å². The first-order valence-electron chi connectivity index (χ1n) is 10.8. The number of pyridine rings is 1. The van der Waals surface area contributed by atoms with Gasteiger partial charge in [-0.05, 0) is 38.0 Å². The zero-order valence-electron chi connectivity index (χ0n) is 18.7. The lowest BCUT2D eigenvalue weighted by Crippen LogP contribution is -2.51. The van der Waals surface area contributed by atoms with Gasteiger partial charge in [0.15, 0.2) is 0 Å². The van der Waals surface area contributed by atoms with E-state index in [-0.39, 0.29) is 13.0 Å². The predicted octanol–water partition coefficient (Wildman–Crippen LogP) is 2.05. The van der Waals surface area contributed by atoms with Crippen LogP contribution in [0.25, 0.3) is 11.3 Å². The molecule has 0 bridgehead atoms. The minimum Gasteiger partial charge on any atom is -0.426 e. The Labute approximate surface area is 194 Å². The Balaban J connectivity index is 1.56. The molecule has 2 amide bonds. The summed E-state index contributed by atoms with van der Waals surface area (Å²) in [7, 11) is -1.75. The minimum absolute atomic E-state index is 0.173. The number of aryl methyl sites for hydroxylation is 1. The summed E-state index contributed by atoms with van der Waals surface area (Å²) in [6.45, 7) is 3.61. The zero-order chi connectivity index (χ0) is 23.8. The normalized spacial score (nSPS) is 12.5. The number of rotatable bonds is 9. The lowest BCUT2D eigenvalue weighted by molar-refractivity contribution is -0.134. The van der Waals surface area contributed by atoms with Crippen LogP contribution in [0.1, 0.15) is 23.7 Å². The fourth-order valence-electron chi connectivity index (χ4n) is 3.31. The maximum atomic E-state index is 12.6. The van der Waals surface area contributed by atoms with Crippen molar-refractivity contribution in [3.05, 3.63) is 89.6 Å². The SMILES string of the molecule is Cc1ccc(CC(NC(=O)C(C)C(=O)NCc2cccc(-c3ccccc3)n2)B(O)O)cc1. The quantitative estimate of drug-likeness (QED) is 0.298. The molecular weight excluding hydrogens is 417 g/mol. The number of carbonyl (C=O) groups excluding carboxylic acids is 2. The fourth-order valence-corrected chi connectivity index (χ4v) is 3.31. The molecule has 3 aromatic rings. The summed E-state index contributed by atoms with van der Waals surface area (Å²) in [4.78, 5) is 29.7. The fraction of sp³-hybridized carbons (Fsp3) is 0.240. The molecule has 3 rings (SSSR count). The summed E-state index contributed by atoms with van der Waals surface area (Å²) in [5.74, 6) is -2.99. The molecule has 33 heavy (non-hydrogen) atoms. The van der Waals surface area contributed by atoms with Gasteiger partial charge < -0.3 is 20.7 Å².